The predicted molar refractivity (Wildman–Crippen MR) is 143 cm³/mol. The third-order valence-electron chi connectivity index (χ3n) is 5.97. The summed E-state index contributed by atoms with van der Waals surface area (Å²) in [6, 6.07) is 26.4. The summed E-state index contributed by atoms with van der Waals surface area (Å²) in [7, 11) is 1.61. The number of ether oxygens (including phenoxy) is 2. The van der Waals surface area contributed by atoms with Crippen molar-refractivity contribution in [3.63, 3.8) is 0 Å². The molecule has 1 amide bonds. The van der Waals surface area contributed by atoms with E-state index in [-0.39, 0.29) is 23.0 Å². The highest BCUT2D eigenvalue weighted by molar-refractivity contribution is 6.04. The summed E-state index contributed by atoms with van der Waals surface area (Å²) in [6.07, 6.45) is 0.615. The minimum absolute atomic E-state index is 0.0591. The average molecular weight is 527 g/mol. The van der Waals surface area contributed by atoms with Crippen molar-refractivity contribution in [1.29, 1.82) is 0 Å². The number of methoxy groups -OCH3 is 1. The van der Waals surface area contributed by atoms with Gasteiger partial charge in [0.15, 0.2) is 5.82 Å². The summed E-state index contributed by atoms with van der Waals surface area (Å²) in [6.45, 7) is 0.314. The second-order valence-electron chi connectivity index (χ2n) is 8.54. The maximum Gasteiger partial charge on any atom is 0.336 e. The van der Waals surface area contributed by atoms with Gasteiger partial charge in [-0.05, 0) is 66.2 Å². The van der Waals surface area contributed by atoms with Gasteiger partial charge in [0, 0.05) is 12.1 Å². The van der Waals surface area contributed by atoms with Gasteiger partial charge in [0.25, 0.3) is 5.91 Å². The molecule has 0 spiro atoms. The van der Waals surface area contributed by atoms with Crippen molar-refractivity contribution in [1.82, 2.24) is 14.8 Å². The lowest BCUT2D eigenvalue weighted by molar-refractivity contribution is 0.102. The highest BCUT2D eigenvalue weighted by atomic mass is 19.1. The first-order valence-electron chi connectivity index (χ1n) is 12.2. The van der Waals surface area contributed by atoms with Crippen LogP contribution in [-0.2, 0) is 6.42 Å². The van der Waals surface area contributed by atoms with Crippen LogP contribution in [0.15, 0.2) is 97.1 Å². The van der Waals surface area contributed by atoms with E-state index in [0.717, 1.165) is 11.3 Å². The SMILES string of the molecule is COc1ccc(CCOc2nc(-c3ccccc3F)n(-c3ccc(NC(=O)c4ccccc4F)cc3)n2)cc1. The predicted octanol–water partition coefficient (Wildman–Crippen LogP) is 6.09. The molecule has 0 radical (unpaired) electrons. The molecule has 0 aliphatic heterocycles. The number of carbonyl (C=O) groups is 1. The van der Waals surface area contributed by atoms with E-state index < -0.39 is 17.5 Å². The van der Waals surface area contributed by atoms with Gasteiger partial charge in [0.2, 0.25) is 0 Å². The average Bonchev–Trinajstić information content (AvgIpc) is 3.38. The van der Waals surface area contributed by atoms with Crippen molar-refractivity contribution < 1.29 is 23.0 Å². The first kappa shape index (κ1) is 25.6. The molecule has 4 aromatic carbocycles. The molecule has 39 heavy (non-hydrogen) atoms. The molecule has 7 nitrogen and oxygen atoms in total. The first-order valence-corrected chi connectivity index (χ1v) is 12.2. The highest BCUT2D eigenvalue weighted by Crippen LogP contribution is 2.27. The number of halogens is 2. The third kappa shape index (κ3) is 5.93. The van der Waals surface area contributed by atoms with Gasteiger partial charge in [-0.1, -0.05) is 36.4 Å². The number of hydrogen-bond donors (Lipinski definition) is 1. The lowest BCUT2D eigenvalue weighted by Crippen LogP contribution is -2.13. The van der Waals surface area contributed by atoms with Crippen molar-refractivity contribution in [2.24, 2.45) is 0 Å². The molecule has 0 saturated carbocycles. The van der Waals surface area contributed by atoms with Gasteiger partial charge >= 0.3 is 6.01 Å². The van der Waals surface area contributed by atoms with Crippen LogP contribution in [0.3, 0.4) is 0 Å². The fourth-order valence-electron chi connectivity index (χ4n) is 3.93. The Balaban J connectivity index is 1.36. The Bertz CT molecular complexity index is 1590. The maximum absolute atomic E-state index is 14.7. The van der Waals surface area contributed by atoms with Gasteiger partial charge < -0.3 is 14.8 Å². The van der Waals surface area contributed by atoms with Crippen LogP contribution in [0.25, 0.3) is 17.1 Å². The van der Waals surface area contributed by atoms with Crippen LogP contribution in [0.5, 0.6) is 11.8 Å². The zero-order valence-electron chi connectivity index (χ0n) is 21.0. The molecule has 0 saturated heterocycles. The molecule has 0 fully saturated rings. The van der Waals surface area contributed by atoms with E-state index in [2.05, 4.69) is 15.4 Å². The number of nitrogens with zero attached hydrogens (tertiary/aromatic N) is 3. The summed E-state index contributed by atoms with van der Waals surface area (Å²) in [5.41, 5.74) is 2.27. The van der Waals surface area contributed by atoms with Crippen LogP contribution < -0.4 is 14.8 Å². The number of benzene rings is 4. The Morgan fingerprint density at radius 2 is 1.56 bits per heavy atom. The lowest BCUT2D eigenvalue weighted by atomic mass is 10.1. The van der Waals surface area contributed by atoms with Crippen LogP contribution in [-0.4, -0.2) is 34.4 Å². The minimum atomic E-state index is -0.608. The second-order valence-corrected chi connectivity index (χ2v) is 8.54. The number of nitrogens with one attached hydrogen (secondary N) is 1. The van der Waals surface area contributed by atoms with Gasteiger partial charge in [-0.25, -0.2) is 13.5 Å². The standard InChI is InChI=1S/C30H24F2N4O3/c1-38-23-16-10-20(11-17-23)18-19-39-30-34-28(24-6-2-4-8-26(24)31)36(35-30)22-14-12-21(13-15-22)33-29(37)25-7-3-5-9-27(25)32/h2-17H,18-19H2,1H3,(H,33,37). The zero-order valence-corrected chi connectivity index (χ0v) is 21.0. The van der Waals surface area contributed by atoms with Crippen molar-refractivity contribution in [2.75, 3.05) is 19.0 Å². The Labute approximate surface area is 223 Å². The normalized spacial score (nSPS) is 10.7. The summed E-state index contributed by atoms with van der Waals surface area (Å²) >= 11 is 0. The van der Waals surface area contributed by atoms with Crippen molar-refractivity contribution in [3.05, 3.63) is 120 Å². The number of carbonyl (C=O) groups excluding carboxylic acids is 1. The van der Waals surface area contributed by atoms with Crippen LogP contribution in [0.4, 0.5) is 14.5 Å². The molecular formula is C30H24F2N4O3. The third-order valence-corrected chi connectivity index (χ3v) is 5.97. The van der Waals surface area contributed by atoms with E-state index in [9.17, 15) is 13.6 Å². The Morgan fingerprint density at radius 3 is 2.26 bits per heavy atom. The Morgan fingerprint density at radius 1 is 0.872 bits per heavy atom. The molecule has 9 heteroatoms. The molecule has 0 aliphatic carbocycles. The molecule has 0 unspecified atom stereocenters. The molecule has 5 aromatic rings. The fraction of sp³-hybridized carbons (Fsp3) is 0.100. The molecule has 1 N–H and O–H groups in total. The molecule has 1 heterocycles. The first-order chi connectivity index (χ1) is 19.0. The number of anilines is 1. The van der Waals surface area contributed by atoms with Gasteiger partial charge in [-0.15, -0.1) is 5.10 Å². The summed E-state index contributed by atoms with van der Waals surface area (Å²) in [5, 5.41) is 7.14. The van der Waals surface area contributed by atoms with Gasteiger partial charge in [0.1, 0.15) is 17.4 Å². The molecule has 0 atom stereocenters. The molecule has 5 rings (SSSR count). The molecule has 1 aromatic heterocycles. The second kappa shape index (κ2) is 11.6. The van der Waals surface area contributed by atoms with Crippen LogP contribution in [0, 0.1) is 11.6 Å². The topological polar surface area (TPSA) is 78.3 Å². The summed E-state index contributed by atoms with van der Waals surface area (Å²) in [5.74, 6) is -0.600. The van der Waals surface area contributed by atoms with Gasteiger partial charge in [-0.3, -0.25) is 4.79 Å². The highest BCUT2D eigenvalue weighted by Gasteiger charge is 2.18. The lowest BCUT2D eigenvalue weighted by Gasteiger charge is -2.09. The summed E-state index contributed by atoms with van der Waals surface area (Å²) in [4.78, 5) is 16.9. The zero-order chi connectivity index (χ0) is 27.2. The van der Waals surface area contributed by atoms with Gasteiger partial charge in [0.05, 0.1) is 30.5 Å². The number of amides is 1. The van der Waals surface area contributed by atoms with Gasteiger partial charge in [-0.2, -0.15) is 4.98 Å². The number of aromatic nitrogens is 3. The van der Waals surface area contributed by atoms with Crippen molar-refractivity contribution in [3.8, 4) is 28.8 Å². The fourth-order valence-corrected chi connectivity index (χ4v) is 3.93. The van der Waals surface area contributed by atoms with E-state index in [1.54, 1.807) is 55.6 Å². The number of hydrogen-bond acceptors (Lipinski definition) is 5. The smallest absolute Gasteiger partial charge is 0.336 e. The molecule has 196 valence electrons. The van der Waals surface area contributed by atoms with E-state index >= 15 is 0 Å². The molecular weight excluding hydrogens is 502 g/mol. The van der Waals surface area contributed by atoms with Crippen LogP contribution >= 0.6 is 0 Å². The van der Waals surface area contributed by atoms with Crippen molar-refractivity contribution in [2.45, 2.75) is 6.42 Å². The largest absolute Gasteiger partial charge is 0.497 e. The van der Waals surface area contributed by atoms with E-state index in [0.29, 0.717) is 24.4 Å². The molecule has 0 aliphatic rings. The Kier molecular flexibility index (Phi) is 7.58. The summed E-state index contributed by atoms with van der Waals surface area (Å²) < 4.78 is 41.1. The minimum Gasteiger partial charge on any atom is -0.497 e. The van der Waals surface area contributed by atoms with Crippen LogP contribution in [0.2, 0.25) is 0 Å². The quantitative estimate of drug-likeness (QED) is 0.251. The van der Waals surface area contributed by atoms with Crippen molar-refractivity contribution >= 4 is 11.6 Å². The monoisotopic (exact) mass is 526 g/mol. The maximum atomic E-state index is 14.7. The Hall–Kier alpha value is -5.05. The number of rotatable bonds is 9. The van der Waals surface area contributed by atoms with Crippen LogP contribution in [0.1, 0.15) is 15.9 Å². The molecule has 0 bridgehead atoms. The van der Waals surface area contributed by atoms with E-state index in [1.807, 2.05) is 24.3 Å². The van der Waals surface area contributed by atoms with E-state index in [1.165, 1.54) is 28.9 Å². The van der Waals surface area contributed by atoms with E-state index in [4.69, 9.17) is 9.47 Å².